The van der Waals surface area contributed by atoms with Gasteiger partial charge < -0.3 is 11.1 Å². The van der Waals surface area contributed by atoms with Crippen molar-refractivity contribution in [1.29, 1.82) is 0 Å². The lowest BCUT2D eigenvalue weighted by Gasteiger charge is -2.17. The van der Waals surface area contributed by atoms with Crippen LogP contribution in [0.25, 0.3) is 0 Å². The van der Waals surface area contributed by atoms with E-state index in [0.29, 0.717) is 19.4 Å². The van der Waals surface area contributed by atoms with E-state index in [2.05, 4.69) is 0 Å². The van der Waals surface area contributed by atoms with Crippen LogP contribution < -0.4 is 11.1 Å². The summed E-state index contributed by atoms with van der Waals surface area (Å²) in [5.41, 5.74) is 5.21. The highest BCUT2D eigenvalue weighted by Crippen LogP contribution is 2.21. The molecule has 0 aliphatic heterocycles. The van der Waals surface area contributed by atoms with Gasteiger partial charge in [0.15, 0.2) is 0 Å². The number of nitrogens with one attached hydrogen (secondary N) is 1. The van der Waals surface area contributed by atoms with Gasteiger partial charge >= 0.3 is 12.3 Å². The van der Waals surface area contributed by atoms with Gasteiger partial charge in [-0.15, -0.1) is 0 Å². The monoisotopic (exact) mass is 244 g/mol. The smallest absolute Gasteiger partial charge is 0.324 e. The molecule has 0 aliphatic carbocycles. The predicted octanol–water partition coefficient (Wildman–Crippen LogP) is 1.38. The van der Waals surface area contributed by atoms with Crippen molar-refractivity contribution in [3.63, 3.8) is 0 Å². The van der Waals surface area contributed by atoms with E-state index in [1.807, 2.05) is 0 Å². The first kappa shape index (κ1) is 15.2. The van der Waals surface area contributed by atoms with Crippen LogP contribution in [0.4, 0.5) is 17.6 Å². The largest absolute Gasteiger partial charge is 0.350 e. The van der Waals surface area contributed by atoms with Crippen LogP contribution in [-0.4, -0.2) is 31.3 Å². The van der Waals surface area contributed by atoms with Gasteiger partial charge in [-0.3, -0.25) is 4.79 Å². The van der Waals surface area contributed by atoms with Crippen molar-refractivity contribution in [3.05, 3.63) is 0 Å². The Morgan fingerprint density at radius 2 is 2.00 bits per heavy atom. The number of alkyl halides is 4. The third-order valence-corrected chi connectivity index (χ3v) is 2.11. The van der Waals surface area contributed by atoms with Gasteiger partial charge in [-0.05, 0) is 19.4 Å². The summed E-state index contributed by atoms with van der Waals surface area (Å²) in [5, 5.41) is 1.80. The van der Waals surface area contributed by atoms with E-state index in [9.17, 15) is 22.4 Å². The Balaban J connectivity index is 3.97. The van der Waals surface area contributed by atoms with E-state index >= 15 is 0 Å². The molecule has 0 aromatic rings. The average Bonchev–Trinajstić information content (AvgIpc) is 2.22. The van der Waals surface area contributed by atoms with Crippen LogP contribution in [0.5, 0.6) is 0 Å². The van der Waals surface area contributed by atoms with Crippen LogP contribution in [0.15, 0.2) is 0 Å². The van der Waals surface area contributed by atoms with Gasteiger partial charge in [0.25, 0.3) is 0 Å². The number of halogens is 4. The zero-order chi connectivity index (χ0) is 12.8. The number of amides is 1. The molecular formula is C9H16F4N2O. The maximum absolute atomic E-state index is 12.4. The number of carbonyl (C=O) groups excluding carboxylic acids is 1. The van der Waals surface area contributed by atoms with E-state index in [-0.39, 0.29) is 0 Å². The van der Waals surface area contributed by atoms with Crippen LogP contribution in [0.2, 0.25) is 0 Å². The van der Waals surface area contributed by atoms with Crippen molar-refractivity contribution in [2.24, 2.45) is 11.7 Å². The predicted molar refractivity (Wildman–Crippen MR) is 51.4 cm³/mol. The number of carbonyl (C=O) groups is 1. The second-order valence-corrected chi connectivity index (χ2v) is 3.61. The standard InChI is InChI=1S/C9H16F4N2O/c1-6(3-2-4-14)7(16)15-5-9(12,13)8(10)11/h6,8H,2-5,14H2,1H3,(H,15,16). The molecule has 16 heavy (non-hydrogen) atoms. The average molecular weight is 244 g/mol. The topological polar surface area (TPSA) is 55.1 Å². The molecule has 0 aromatic heterocycles. The Morgan fingerprint density at radius 1 is 1.44 bits per heavy atom. The molecule has 0 aliphatic rings. The summed E-state index contributed by atoms with van der Waals surface area (Å²) < 4.78 is 48.4. The summed E-state index contributed by atoms with van der Waals surface area (Å²) in [6, 6.07) is 0. The molecule has 1 atom stereocenters. The molecule has 0 radical (unpaired) electrons. The molecule has 1 amide bonds. The van der Waals surface area contributed by atoms with Crippen LogP contribution >= 0.6 is 0 Å². The summed E-state index contributed by atoms with van der Waals surface area (Å²) >= 11 is 0. The van der Waals surface area contributed by atoms with Crippen molar-refractivity contribution in [3.8, 4) is 0 Å². The molecule has 0 rings (SSSR count). The van der Waals surface area contributed by atoms with Gasteiger partial charge in [0.1, 0.15) is 0 Å². The Morgan fingerprint density at radius 3 is 2.44 bits per heavy atom. The fourth-order valence-electron chi connectivity index (χ4n) is 1.01. The minimum absolute atomic E-state index is 0.394. The van der Waals surface area contributed by atoms with Gasteiger partial charge in [0.2, 0.25) is 5.91 Å². The van der Waals surface area contributed by atoms with Crippen molar-refractivity contribution in [1.82, 2.24) is 5.32 Å². The van der Waals surface area contributed by atoms with E-state index in [1.165, 1.54) is 6.92 Å². The second-order valence-electron chi connectivity index (χ2n) is 3.61. The summed E-state index contributed by atoms with van der Waals surface area (Å²) in [7, 11) is 0. The van der Waals surface area contributed by atoms with Gasteiger partial charge in [-0.25, -0.2) is 8.78 Å². The molecule has 3 N–H and O–H groups in total. The first-order valence-electron chi connectivity index (χ1n) is 4.95. The molecule has 0 heterocycles. The van der Waals surface area contributed by atoms with Crippen LogP contribution in [0.1, 0.15) is 19.8 Å². The Kier molecular flexibility index (Phi) is 6.32. The first-order valence-corrected chi connectivity index (χ1v) is 4.95. The second kappa shape index (κ2) is 6.67. The third-order valence-electron chi connectivity index (χ3n) is 2.11. The van der Waals surface area contributed by atoms with Crippen molar-refractivity contribution < 1.29 is 22.4 Å². The molecule has 0 bridgehead atoms. The van der Waals surface area contributed by atoms with E-state index in [1.54, 1.807) is 5.32 Å². The normalized spacial score (nSPS) is 13.9. The Bertz CT molecular complexity index is 224. The zero-order valence-electron chi connectivity index (χ0n) is 8.98. The Labute approximate surface area is 91.4 Å². The molecule has 96 valence electrons. The minimum Gasteiger partial charge on any atom is -0.350 e. The maximum atomic E-state index is 12.4. The van der Waals surface area contributed by atoms with Crippen molar-refractivity contribution >= 4 is 5.91 Å². The Hall–Kier alpha value is -0.850. The van der Waals surface area contributed by atoms with Crippen molar-refractivity contribution in [2.75, 3.05) is 13.1 Å². The molecule has 0 saturated carbocycles. The minimum atomic E-state index is -4.18. The quantitative estimate of drug-likeness (QED) is 0.665. The number of nitrogens with two attached hydrogens (primary N) is 1. The molecular weight excluding hydrogens is 228 g/mol. The summed E-state index contributed by atoms with van der Waals surface area (Å²) in [4.78, 5) is 11.2. The highest BCUT2D eigenvalue weighted by atomic mass is 19.3. The number of hydrogen-bond donors (Lipinski definition) is 2. The van der Waals surface area contributed by atoms with Crippen LogP contribution in [-0.2, 0) is 4.79 Å². The molecule has 1 unspecified atom stereocenters. The summed E-state index contributed by atoms with van der Waals surface area (Å²) in [5.74, 6) is -5.34. The van der Waals surface area contributed by atoms with Crippen molar-refractivity contribution in [2.45, 2.75) is 32.1 Å². The molecule has 0 aromatic carbocycles. The lowest BCUT2D eigenvalue weighted by Crippen LogP contribution is -2.43. The zero-order valence-corrected chi connectivity index (χ0v) is 8.98. The van der Waals surface area contributed by atoms with E-state index < -0.39 is 30.7 Å². The highest BCUT2D eigenvalue weighted by Gasteiger charge is 2.40. The molecule has 0 spiro atoms. The third kappa shape index (κ3) is 5.29. The van der Waals surface area contributed by atoms with Gasteiger partial charge in [0, 0.05) is 5.92 Å². The van der Waals surface area contributed by atoms with Gasteiger partial charge in [-0.2, -0.15) is 8.78 Å². The molecule has 3 nitrogen and oxygen atoms in total. The lowest BCUT2D eigenvalue weighted by atomic mass is 10.0. The SMILES string of the molecule is CC(CCCN)C(=O)NCC(F)(F)C(F)F. The van der Waals surface area contributed by atoms with Crippen LogP contribution in [0, 0.1) is 5.92 Å². The van der Waals surface area contributed by atoms with Gasteiger partial charge in [-0.1, -0.05) is 6.92 Å². The lowest BCUT2D eigenvalue weighted by molar-refractivity contribution is -0.138. The molecule has 0 fully saturated rings. The fourth-order valence-corrected chi connectivity index (χ4v) is 1.01. The number of hydrogen-bond acceptors (Lipinski definition) is 2. The summed E-state index contributed by atoms with van der Waals surface area (Å²) in [6.45, 7) is 0.590. The van der Waals surface area contributed by atoms with Gasteiger partial charge in [0.05, 0.1) is 6.54 Å². The van der Waals surface area contributed by atoms with E-state index in [4.69, 9.17) is 5.73 Å². The molecule has 0 saturated heterocycles. The molecule has 7 heteroatoms. The fraction of sp³-hybridized carbons (Fsp3) is 0.889. The van der Waals surface area contributed by atoms with Crippen LogP contribution in [0.3, 0.4) is 0 Å². The highest BCUT2D eigenvalue weighted by molar-refractivity contribution is 5.78. The number of rotatable bonds is 7. The first-order chi connectivity index (χ1) is 7.31. The summed E-state index contributed by atoms with van der Waals surface area (Å²) in [6.07, 6.45) is -2.74. The van der Waals surface area contributed by atoms with E-state index in [0.717, 1.165) is 0 Å². The maximum Gasteiger partial charge on any atom is 0.324 e.